The summed E-state index contributed by atoms with van der Waals surface area (Å²) in [5.74, 6) is 2.68. The van der Waals surface area contributed by atoms with Crippen molar-refractivity contribution in [2.24, 2.45) is 0 Å². The molecule has 0 aliphatic carbocycles. The Kier molecular flexibility index (Phi) is 4.84. The predicted molar refractivity (Wildman–Crippen MR) is 167 cm³/mol. The van der Waals surface area contributed by atoms with Gasteiger partial charge in [0.15, 0.2) is 0 Å². The summed E-state index contributed by atoms with van der Waals surface area (Å²) in [4.78, 5) is 21.7. The van der Waals surface area contributed by atoms with Crippen molar-refractivity contribution >= 4 is 65.2 Å². The van der Waals surface area contributed by atoms with Crippen LogP contribution in [0.1, 0.15) is 51.2 Å². The van der Waals surface area contributed by atoms with E-state index in [0.29, 0.717) is 11.8 Å². The molecule has 0 radical (unpaired) electrons. The van der Waals surface area contributed by atoms with Crippen molar-refractivity contribution in [2.45, 2.75) is 39.5 Å². The number of nitrogens with zero attached hydrogens (tertiary/aromatic N) is 3. The molecule has 0 saturated heterocycles. The SMILES string of the molecule is CC(C)c1nc2c3ccccc3c3cc(-c4ccc5c(c4)c4ccncc4c4nc(C(C)C)[nH]c54)ccc3c2[nH]1. The molecule has 0 amide bonds. The number of fused-ring (bicyclic) bond motifs is 12. The summed E-state index contributed by atoms with van der Waals surface area (Å²) in [5, 5.41) is 9.50. The van der Waals surface area contributed by atoms with Gasteiger partial charge in [-0.1, -0.05) is 76.2 Å². The smallest absolute Gasteiger partial charge is 0.109 e. The Morgan fingerprint density at radius 2 is 1.05 bits per heavy atom. The van der Waals surface area contributed by atoms with E-state index in [1.165, 1.54) is 48.8 Å². The average Bonchev–Trinajstić information content (AvgIpc) is 3.64. The molecule has 8 aromatic rings. The summed E-state index contributed by atoms with van der Waals surface area (Å²) >= 11 is 0. The van der Waals surface area contributed by atoms with Gasteiger partial charge in [0.1, 0.15) is 11.6 Å². The van der Waals surface area contributed by atoms with E-state index in [1.807, 2.05) is 12.4 Å². The number of hydrogen-bond acceptors (Lipinski definition) is 3. The van der Waals surface area contributed by atoms with Gasteiger partial charge < -0.3 is 9.97 Å². The molecule has 40 heavy (non-hydrogen) atoms. The van der Waals surface area contributed by atoms with Gasteiger partial charge in [0.05, 0.1) is 22.1 Å². The monoisotopic (exact) mass is 519 g/mol. The maximum absolute atomic E-state index is 5.00. The summed E-state index contributed by atoms with van der Waals surface area (Å²) in [7, 11) is 0. The molecule has 0 aliphatic heterocycles. The maximum Gasteiger partial charge on any atom is 0.109 e. The first kappa shape index (κ1) is 23.1. The highest BCUT2D eigenvalue weighted by molar-refractivity contribution is 6.25. The first-order valence-electron chi connectivity index (χ1n) is 14.0. The lowest BCUT2D eigenvalue weighted by Crippen LogP contribution is -1.88. The molecular formula is C35H29N5. The van der Waals surface area contributed by atoms with Gasteiger partial charge in [-0.25, -0.2) is 9.97 Å². The fourth-order valence-electron chi connectivity index (χ4n) is 6.18. The fourth-order valence-corrected chi connectivity index (χ4v) is 6.18. The number of benzene rings is 5. The zero-order valence-corrected chi connectivity index (χ0v) is 23.0. The van der Waals surface area contributed by atoms with Crippen LogP contribution in [-0.4, -0.2) is 24.9 Å². The Bertz CT molecular complexity index is 2120. The molecule has 5 aromatic carbocycles. The number of imidazole rings is 2. The van der Waals surface area contributed by atoms with Crippen molar-refractivity contribution in [1.29, 1.82) is 0 Å². The van der Waals surface area contributed by atoms with Gasteiger partial charge in [0.25, 0.3) is 0 Å². The van der Waals surface area contributed by atoms with Crippen LogP contribution in [0.2, 0.25) is 0 Å². The van der Waals surface area contributed by atoms with E-state index in [4.69, 9.17) is 9.97 Å². The molecule has 0 fully saturated rings. The summed E-state index contributed by atoms with van der Waals surface area (Å²) in [6.07, 6.45) is 3.82. The van der Waals surface area contributed by atoms with E-state index in [1.54, 1.807) is 0 Å². The van der Waals surface area contributed by atoms with E-state index in [2.05, 4.69) is 109 Å². The van der Waals surface area contributed by atoms with Gasteiger partial charge >= 0.3 is 0 Å². The largest absolute Gasteiger partial charge is 0.341 e. The number of aromatic nitrogens is 5. The molecule has 5 nitrogen and oxygen atoms in total. The van der Waals surface area contributed by atoms with Crippen molar-refractivity contribution in [3.8, 4) is 11.1 Å². The quantitative estimate of drug-likeness (QED) is 0.228. The molecule has 0 saturated carbocycles. The lowest BCUT2D eigenvalue weighted by molar-refractivity contribution is 0.799. The zero-order chi connectivity index (χ0) is 27.1. The van der Waals surface area contributed by atoms with Crippen LogP contribution in [0.3, 0.4) is 0 Å². The number of rotatable bonds is 3. The van der Waals surface area contributed by atoms with Crippen LogP contribution in [-0.2, 0) is 0 Å². The summed E-state index contributed by atoms with van der Waals surface area (Å²) in [6, 6.07) is 24.4. The Labute approximate surface area is 231 Å². The molecule has 194 valence electrons. The summed E-state index contributed by atoms with van der Waals surface area (Å²) in [6.45, 7) is 8.70. The van der Waals surface area contributed by atoms with E-state index in [-0.39, 0.29) is 0 Å². The molecular weight excluding hydrogens is 490 g/mol. The second kappa shape index (κ2) is 8.36. The van der Waals surface area contributed by atoms with Crippen molar-refractivity contribution in [2.75, 3.05) is 0 Å². The minimum Gasteiger partial charge on any atom is -0.341 e. The number of pyridine rings is 1. The Morgan fingerprint density at radius 3 is 1.62 bits per heavy atom. The van der Waals surface area contributed by atoms with E-state index >= 15 is 0 Å². The molecule has 3 heterocycles. The topological polar surface area (TPSA) is 70.2 Å². The third-order valence-electron chi connectivity index (χ3n) is 8.29. The lowest BCUT2D eigenvalue weighted by atomic mass is 9.93. The van der Waals surface area contributed by atoms with Gasteiger partial charge in [0.2, 0.25) is 0 Å². The Balaban J connectivity index is 1.41. The van der Waals surface area contributed by atoms with Crippen molar-refractivity contribution < 1.29 is 0 Å². The van der Waals surface area contributed by atoms with E-state index in [9.17, 15) is 0 Å². The first-order valence-corrected chi connectivity index (χ1v) is 14.0. The molecule has 2 N–H and O–H groups in total. The van der Waals surface area contributed by atoms with Crippen molar-refractivity contribution in [3.05, 3.63) is 90.8 Å². The third-order valence-corrected chi connectivity index (χ3v) is 8.29. The van der Waals surface area contributed by atoms with Crippen LogP contribution in [0.25, 0.3) is 76.3 Å². The highest BCUT2D eigenvalue weighted by Gasteiger charge is 2.17. The van der Waals surface area contributed by atoms with Gasteiger partial charge in [0, 0.05) is 45.8 Å². The summed E-state index contributed by atoms with van der Waals surface area (Å²) in [5.41, 5.74) is 6.62. The third kappa shape index (κ3) is 3.24. The standard InChI is InChI=1S/C35H29N5/c1-18(2)34-37-30-24-8-6-5-7-22(24)27-15-20(9-11-25(27)31(30)38-34)21-10-12-26-28(16-21)23-13-14-36-17-29(23)33-32(26)39-35(40-33)19(3)4/h5-19H,1-4H3,(H,37,38)(H,39,40). The summed E-state index contributed by atoms with van der Waals surface area (Å²) < 4.78 is 0. The van der Waals surface area contributed by atoms with Crippen LogP contribution in [0.5, 0.6) is 0 Å². The maximum atomic E-state index is 5.00. The number of H-pyrrole nitrogens is 2. The number of nitrogens with one attached hydrogen (secondary N) is 2. The lowest BCUT2D eigenvalue weighted by Gasteiger charge is -2.11. The zero-order valence-electron chi connectivity index (χ0n) is 23.0. The predicted octanol–water partition coefficient (Wildman–Crippen LogP) is 9.36. The highest BCUT2D eigenvalue weighted by Crippen LogP contribution is 2.39. The van der Waals surface area contributed by atoms with Gasteiger partial charge in [-0.15, -0.1) is 0 Å². The number of aromatic amines is 2. The Hall–Kier alpha value is -4.77. The van der Waals surface area contributed by atoms with Crippen LogP contribution in [0.4, 0.5) is 0 Å². The molecule has 0 unspecified atom stereocenters. The molecule has 0 bridgehead atoms. The molecule has 8 rings (SSSR count). The number of hydrogen-bond donors (Lipinski definition) is 2. The fraction of sp³-hybridized carbons (Fsp3) is 0.171. The van der Waals surface area contributed by atoms with Crippen LogP contribution in [0, 0.1) is 0 Å². The normalized spacial score (nSPS) is 12.4. The molecule has 5 heteroatoms. The van der Waals surface area contributed by atoms with E-state index in [0.717, 1.165) is 39.1 Å². The van der Waals surface area contributed by atoms with Crippen LogP contribution < -0.4 is 0 Å². The molecule has 0 aliphatic rings. The van der Waals surface area contributed by atoms with Crippen molar-refractivity contribution in [3.63, 3.8) is 0 Å². The first-order chi connectivity index (χ1) is 19.5. The minimum absolute atomic E-state index is 0.318. The average molecular weight is 520 g/mol. The highest BCUT2D eigenvalue weighted by atomic mass is 14.9. The Morgan fingerprint density at radius 1 is 0.525 bits per heavy atom. The second-order valence-electron chi connectivity index (χ2n) is 11.5. The van der Waals surface area contributed by atoms with Crippen LogP contribution >= 0.6 is 0 Å². The minimum atomic E-state index is 0.318. The van der Waals surface area contributed by atoms with Gasteiger partial charge in [-0.3, -0.25) is 4.98 Å². The molecule has 3 aromatic heterocycles. The molecule has 0 spiro atoms. The van der Waals surface area contributed by atoms with E-state index < -0.39 is 0 Å². The van der Waals surface area contributed by atoms with Crippen LogP contribution in [0.15, 0.2) is 79.1 Å². The van der Waals surface area contributed by atoms with Gasteiger partial charge in [-0.05, 0) is 50.9 Å². The van der Waals surface area contributed by atoms with Gasteiger partial charge in [-0.2, -0.15) is 0 Å². The molecule has 0 atom stereocenters. The van der Waals surface area contributed by atoms with Crippen molar-refractivity contribution in [1.82, 2.24) is 24.9 Å². The second-order valence-corrected chi connectivity index (χ2v) is 11.5.